The summed E-state index contributed by atoms with van der Waals surface area (Å²) in [5.74, 6) is -0.0118. The van der Waals surface area contributed by atoms with Gasteiger partial charge in [0.25, 0.3) is 5.91 Å². The number of anilines is 1. The molecule has 140 valence electrons. The zero-order chi connectivity index (χ0) is 19.4. The lowest BCUT2D eigenvalue weighted by atomic mass is 10.1. The Hall–Kier alpha value is -3.28. The van der Waals surface area contributed by atoms with Crippen molar-refractivity contribution >= 4 is 28.3 Å². The molecule has 1 heterocycles. The molecule has 27 heavy (non-hydrogen) atoms. The summed E-state index contributed by atoms with van der Waals surface area (Å²) in [5.41, 5.74) is 8.19. The summed E-state index contributed by atoms with van der Waals surface area (Å²) >= 11 is 0. The van der Waals surface area contributed by atoms with Crippen LogP contribution in [0.3, 0.4) is 0 Å². The molecule has 6 nitrogen and oxygen atoms in total. The van der Waals surface area contributed by atoms with Gasteiger partial charge in [0.05, 0.1) is 7.11 Å². The normalized spacial score (nSPS) is 11.6. The monoisotopic (exact) mass is 365 g/mol. The van der Waals surface area contributed by atoms with Crippen molar-refractivity contribution < 1.29 is 13.9 Å². The topological polar surface area (TPSA) is 81.1 Å². The minimum atomic E-state index is -0.595. The Morgan fingerprint density at radius 1 is 1.15 bits per heavy atom. The molecule has 0 unspecified atom stereocenters. The van der Waals surface area contributed by atoms with Crippen LogP contribution in [0.25, 0.3) is 11.0 Å². The van der Waals surface area contributed by atoms with Crippen molar-refractivity contribution in [2.45, 2.75) is 13.8 Å². The molecule has 1 aromatic heterocycles. The molecule has 3 rings (SSSR count). The number of ether oxygens (including phenoxy) is 1. The average Bonchev–Trinajstić information content (AvgIpc) is 2.68. The molecule has 0 radical (unpaired) electrons. The Morgan fingerprint density at radius 2 is 1.89 bits per heavy atom. The predicted octanol–water partition coefficient (Wildman–Crippen LogP) is 3.62. The fraction of sp³-hybridized carbons (Fsp3) is 0.238. The van der Waals surface area contributed by atoms with Gasteiger partial charge in [0, 0.05) is 30.2 Å². The van der Waals surface area contributed by atoms with Crippen LogP contribution in [-0.4, -0.2) is 26.1 Å². The van der Waals surface area contributed by atoms with Crippen LogP contribution < -0.4 is 20.9 Å². The molecule has 0 bridgehead atoms. The summed E-state index contributed by atoms with van der Waals surface area (Å²) < 4.78 is 11.3. The molecule has 0 saturated heterocycles. The summed E-state index contributed by atoms with van der Waals surface area (Å²) in [4.78, 5) is 18.6. The van der Waals surface area contributed by atoms with Gasteiger partial charge in [-0.3, -0.25) is 4.79 Å². The van der Waals surface area contributed by atoms with E-state index < -0.39 is 5.91 Å². The quantitative estimate of drug-likeness (QED) is 0.723. The van der Waals surface area contributed by atoms with Crippen LogP contribution in [0.1, 0.15) is 24.2 Å². The van der Waals surface area contributed by atoms with E-state index in [0.29, 0.717) is 17.0 Å². The van der Waals surface area contributed by atoms with Crippen LogP contribution in [0.4, 0.5) is 11.4 Å². The van der Waals surface area contributed by atoms with Crippen LogP contribution >= 0.6 is 0 Å². The highest BCUT2D eigenvalue weighted by Crippen LogP contribution is 2.26. The number of methoxy groups -OCH3 is 1. The second-order valence-electron chi connectivity index (χ2n) is 6.01. The Balaban J connectivity index is 2.24. The number of carbonyl (C=O) groups is 1. The SMILES string of the molecule is CCN(CC)c1ccc2cc(C(N)=O)c(=Nc3ccccc3OC)oc2c1. The summed E-state index contributed by atoms with van der Waals surface area (Å²) in [5, 5.41) is 0.790. The lowest BCUT2D eigenvalue weighted by molar-refractivity contribution is 0.0996. The first-order valence-corrected chi connectivity index (χ1v) is 8.87. The maximum atomic E-state index is 11.9. The number of benzene rings is 2. The number of fused-ring (bicyclic) bond motifs is 1. The van der Waals surface area contributed by atoms with Crippen LogP contribution in [0.2, 0.25) is 0 Å². The van der Waals surface area contributed by atoms with E-state index >= 15 is 0 Å². The standard InChI is InChI=1S/C21H23N3O3/c1-4-24(5-2)15-11-10-14-12-16(20(22)25)21(27-19(14)13-15)23-17-8-6-7-9-18(17)26-3/h6-13H,4-5H2,1-3H3,(H2,22,25). The van der Waals surface area contributed by atoms with Crippen molar-refractivity contribution in [1.29, 1.82) is 0 Å². The number of nitrogens with zero attached hydrogens (tertiary/aromatic N) is 2. The summed E-state index contributed by atoms with van der Waals surface area (Å²) in [6.45, 7) is 5.98. The molecule has 0 saturated carbocycles. The van der Waals surface area contributed by atoms with Gasteiger partial charge in [-0.25, -0.2) is 4.99 Å². The van der Waals surface area contributed by atoms with Gasteiger partial charge in [0.15, 0.2) is 0 Å². The molecule has 6 heteroatoms. The van der Waals surface area contributed by atoms with E-state index in [4.69, 9.17) is 14.9 Å². The lowest BCUT2D eigenvalue weighted by Crippen LogP contribution is -2.23. The van der Waals surface area contributed by atoms with Gasteiger partial charge in [0.2, 0.25) is 5.55 Å². The summed E-state index contributed by atoms with van der Waals surface area (Å²) in [7, 11) is 1.57. The number of rotatable bonds is 6. The summed E-state index contributed by atoms with van der Waals surface area (Å²) in [6, 6.07) is 14.9. The zero-order valence-corrected chi connectivity index (χ0v) is 15.7. The van der Waals surface area contributed by atoms with E-state index in [1.165, 1.54) is 0 Å². The van der Waals surface area contributed by atoms with E-state index in [0.717, 1.165) is 24.2 Å². The number of hydrogen-bond donors (Lipinski definition) is 1. The first-order chi connectivity index (χ1) is 13.1. The van der Waals surface area contributed by atoms with E-state index in [2.05, 4.69) is 23.7 Å². The molecule has 0 aliphatic carbocycles. The van der Waals surface area contributed by atoms with Gasteiger partial charge in [-0.05, 0) is 44.2 Å². The van der Waals surface area contributed by atoms with Gasteiger partial charge in [-0.2, -0.15) is 0 Å². The Morgan fingerprint density at radius 3 is 2.56 bits per heavy atom. The second kappa shape index (κ2) is 7.95. The number of para-hydroxylation sites is 2. The second-order valence-corrected chi connectivity index (χ2v) is 6.01. The smallest absolute Gasteiger partial charge is 0.254 e. The third kappa shape index (κ3) is 3.79. The molecule has 0 spiro atoms. The van der Waals surface area contributed by atoms with Crippen molar-refractivity contribution in [2.24, 2.45) is 10.7 Å². The number of amides is 1. The van der Waals surface area contributed by atoms with Gasteiger partial charge in [-0.1, -0.05) is 12.1 Å². The predicted molar refractivity (Wildman–Crippen MR) is 107 cm³/mol. The highest BCUT2D eigenvalue weighted by Gasteiger charge is 2.12. The van der Waals surface area contributed by atoms with Crippen LogP contribution in [0.15, 0.2) is 57.9 Å². The first kappa shape index (κ1) is 18.5. The Labute approximate surface area is 157 Å². The molecular weight excluding hydrogens is 342 g/mol. The molecule has 1 amide bonds. The van der Waals surface area contributed by atoms with Crippen molar-refractivity contribution in [3.8, 4) is 5.75 Å². The van der Waals surface area contributed by atoms with E-state index in [9.17, 15) is 4.79 Å². The third-order valence-corrected chi connectivity index (χ3v) is 4.44. The third-order valence-electron chi connectivity index (χ3n) is 4.44. The average molecular weight is 365 g/mol. The number of primary amides is 1. The minimum absolute atomic E-state index is 0.163. The van der Waals surface area contributed by atoms with Gasteiger partial charge in [0.1, 0.15) is 22.6 Å². The van der Waals surface area contributed by atoms with Crippen LogP contribution in [0.5, 0.6) is 5.75 Å². The fourth-order valence-corrected chi connectivity index (χ4v) is 2.98. The number of hydrogen-bond acceptors (Lipinski definition) is 5. The largest absolute Gasteiger partial charge is 0.494 e. The highest BCUT2D eigenvalue weighted by molar-refractivity contribution is 5.95. The molecule has 2 N–H and O–H groups in total. The van der Waals surface area contributed by atoms with Crippen molar-refractivity contribution in [3.63, 3.8) is 0 Å². The first-order valence-electron chi connectivity index (χ1n) is 8.87. The maximum absolute atomic E-state index is 11.9. The highest BCUT2D eigenvalue weighted by atomic mass is 16.5. The lowest BCUT2D eigenvalue weighted by Gasteiger charge is -2.21. The fourth-order valence-electron chi connectivity index (χ4n) is 2.98. The molecule has 0 atom stereocenters. The molecular formula is C21H23N3O3. The molecule has 2 aromatic carbocycles. The van der Waals surface area contributed by atoms with Crippen molar-refractivity contribution in [3.05, 3.63) is 59.6 Å². The van der Waals surface area contributed by atoms with Crippen molar-refractivity contribution in [1.82, 2.24) is 0 Å². The van der Waals surface area contributed by atoms with E-state index in [1.54, 1.807) is 25.3 Å². The van der Waals surface area contributed by atoms with Crippen LogP contribution in [-0.2, 0) is 0 Å². The summed E-state index contributed by atoms with van der Waals surface area (Å²) in [6.07, 6.45) is 0. The molecule has 0 fully saturated rings. The number of nitrogens with two attached hydrogens (primary N) is 1. The molecule has 0 aliphatic heterocycles. The Bertz CT molecular complexity index is 1040. The maximum Gasteiger partial charge on any atom is 0.254 e. The molecule has 0 aliphatic rings. The number of carbonyl (C=O) groups excluding carboxylic acids is 1. The van der Waals surface area contributed by atoms with Gasteiger partial charge < -0.3 is 19.8 Å². The zero-order valence-electron chi connectivity index (χ0n) is 15.7. The van der Waals surface area contributed by atoms with Crippen LogP contribution in [0, 0.1) is 0 Å². The van der Waals surface area contributed by atoms with Gasteiger partial charge in [-0.15, -0.1) is 0 Å². The molecule has 3 aromatic rings. The Kier molecular flexibility index (Phi) is 5.45. The minimum Gasteiger partial charge on any atom is -0.494 e. The van der Waals surface area contributed by atoms with Gasteiger partial charge >= 0.3 is 0 Å². The van der Waals surface area contributed by atoms with E-state index in [1.807, 2.05) is 30.3 Å². The van der Waals surface area contributed by atoms with E-state index in [-0.39, 0.29) is 11.1 Å². The van der Waals surface area contributed by atoms with Crippen molar-refractivity contribution in [2.75, 3.05) is 25.1 Å².